The summed E-state index contributed by atoms with van der Waals surface area (Å²) in [5, 5.41) is 4.46. The first-order chi connectivity index (χ1) is 13.5. The molecule has 0 saturated carbocycles. The summed E-state index contributed by atoms with van der Waals surface area (Å²) >= 11 is 12.1. The molecule has 1 aliphatic carbocycles. The van der Waals surface area contributed by atoms with Crippen molar-refractivity contribution in [3.05, 3.63) is 34.0 Å². The van der Waals surface area contributed by atoms with E-state index in [0.29, 0.717) is 41.3 Å². The average Bonchev–Trinajstić information content (AvgIpc) is 2.67. The van der Waals surface area contributed by atoms with Crippen molar-refractivity contribution in [1.29, 1.82) is 0 Å². The number of rotatable bonds is 7. The molecule has 1 aromatic rings. The van der Waals surface area contributed by atoms with Crippen molar-refractivity contribution in [3.8, 4) is 11.5 Å². The number of carbonyl (C=O) groups is 1. The highest BCUT2D eigenvalue weighted by Crippen LogP contribution is 2.43. The summed E-state index contributed by atoms with van der Waals surface area (Å²) in [5.41, 5.74) is 2.69. The van der Waals surface area contributed by atoms with Gasteiger partial charge in [-0.2, -0.15) is 0 Å². The highest BCUT2D eigenvalue weighted by atomic mass is 35.5. The number of allylic oxidation sites excluding steroid dienone is 1. The van der Waals surface area contributed by atoms with Gasteiger partial charge in [0.15, 0.2) is 22.4 Å². The summed E-state index contributed by atoms with van der Waals surface area (Å²) in [5.74, 6) is 1.31. The maximum absolute atomic E-state index is 12.8. The Morgan fingerprint density at radius 3 is 2.71 bits per heavy atom. The van der Waals surface area contributed by atoms with E-state index in [1.54, 1.807) is 0 Å². The van der Waals surface area contributed by atoms with Gasteiger partial charge >= 0.3 is 0 Å². The standard InChI is InChI=1S/C21H27ClN2O3S/c1-4-10-27-20-14(22)11-13(12-17(20)26-6-3)19-18-15(8-7-9-16(18)25)24(5-2)21(28)23-19/h11-12,19H,4-10H2,1-3H3,(H,23,28). The molecule has 1 aromatic carbocycles. The second-order valence-electron chi connectivity index (χ2n) is 6.88. The van der Waals surface area contributed by atoms with Gasteiger partial charge in [-0.15, -0.1) is 0 Å². The third-order valence-corrected chi connectivity index (χ3v) is 5.61. The van der Waals surface area contributed by atoms with E-state index in [-0.39, 0.29) is 11.8 Å². The Labute approximate surface area is 177 Å². The Morgan fingerprint density at radius 2 is 2.04 bits per heavy atom. The van der Waals surface area contributed by atoms with Gasteiger partial charge in [-0.1, -0.05) is 18.5 Å². The van der Waals surface area contributed by atoms with E-state index in [0.717, 1.165) is 42.6 Å². The SMILES string of the molecule is CCCOc1c(Cl)cc(C2NC(=S)N(CC)C3=C2C(=O)CCC3)cc1OCC. The van der Waals surface area contributed by atoms with E-state index in [4.69, 9.17) is 33.3 Å². The van der Waals surface area contributed by atoms with Crippen LogP contribution in [0.25, 0.3) is 0 Å². The Hall–Kier alpha value is -1.79. The fraction of sp³-hybridized carbons (Fsp3) is 0.524. The van der Waals surface area contributed by atoms with Gasteiger partial charge in [-0.05, 0) is 63.0 Å². The lowest BCUT2D eigenvalue weighted by atomic mass is 9.84. The van der Waals surface area contributed by atoms with Crippen LogP contribution in [0.5, 0.6) is 11.5 Å². The van der Waals surface area contributed by atoms with Crippen LogP contribution in [0.1, 0.15) is 58.1 Å². The number of nitrogens with one attached hydrogen (secondary N) is 1. The topological polar surface area (TPSA) is 50.8 Å². The summed E-state index contributed by atoms with van der Waals surface area (Å²) in [7, 11) is 0. The number of thiocarbonyl (C=S) groups is 1. The third kappa shape index (κ3) is 3.98. The van der Waals surface area contributed by atoms with E-state index in [1.807, 2.05) is 37.8 Å². The summed E-state index contributed by atoms with van der Waals surface area (Å²) in [6.45, 7) is 7.79. The monoisotopic (exact) mass is 422 g/mol. The fourth-order valence-corrected chi connectivity index (χ4v) is 4.43. The number of carbonyl (C=O) groups excluding carboxylic acids is 1. The minimum atomic E-state index is -0.324. The molecule has 152 valence electrons. The molecular formula is C21H27ClN2O3S. The van der Waals surface area contributed by atoms with Gasteiger partial charge in [-0.3, -0.25) is 4.79 Å². The smallest absolute Gasteiger partial charge is 0.179 e. The number of ketones is 1. The molecule has 0 fully saturated rings. The molecule has 5 nitrogen and oxygen atoms in total. The Bertz CT molecular complexity index is 809. The van der Waals surface area contributed by atoms with E-state index in [1.165, 1.54) is 0 Å². The summed E-state index contributed by atoms with van der Waals surface area (Å²) < 4.78 is 11.6. The van der Waals surface area contributed by atoms with Gasteiger partial charge in [0.1, 0.15) is 0 Å². The predicted octanol–water partition coefficient (Wildman–Crippen LogP) is 4.79. The van der Waals surface area contributed by atoms with Crippen LogP contribution in [0.3, 0.4) is 0 Å². The summed E-state index contributed by atoms with van der Waals surface area (Å²) in [6, 6.07) is 3.44. The van der Waals surface area contributed by atoms with Crippen LogP contribution in [0.4, 0.5) is 0 Å². The molecule has 1 unspecified atom stereocenters. The van der Waals surface area contributed by atoms with Gasteiger partial charge in [0.05, 0.1) is 24.3 Å². The van der Waals surface area contributed by atoms with Crippen LogP contribution in [0.2, 0.25) is 5.02 Å². The number of halogens is 1. The first-order valence-electron chi connectivity index (χ1n) is 9.95. The Morgan fingerprint density at radius 1 is 1.25 bits per heavy atom. The van der Waals surface area contributed by atoms with Gasteiger partial charge in [0, 0.05) is 24.2 Å². The minimum Gasteiger partial charge on any atom is -0.490 e. The number of ether oxygens (including phenoxy) is 2. The molecule has 1 aliphatic heterocycles. The van der Waals surface area contributed by atoms with Crippen molar-refractivity contribution in [3.63, 3.8) is 0 Å². The molecule has 28 heavy (non-hydrogen) atoms. The van der Waals surface area contributed by atoms with Crippen LogP contribution in [0.15, 0.2) is 23.4 Å². The Kier molecular flexibility index (Phi) is 6.83. The van der Waals surface area contributed by atoms with Crippen LogP contribution in [-0.4, -0.2) is 35.6 Å². The molecule has 0 saturated heterocycles. The van der Waals surface area contributed by atoms with Gasteiger partial charge in [0.2, 0.25) is 0 Å². The zero-order valence-corrected chi connectivity index (χ0v) is 18.2. The molecule has 1 heterocycles. The molecule has 0 bridgehead atoms. The van der Waals surface area contributed by atoms with Crippen molar-refractivity contribution in [2.45, 2.75) is 52.5 Å². The number of nitrogens with zero attached hydrogens (tertiary/aromatic N) is 1. The van der Waals surface area contributed by atoms with Crippen molar-refractivity contribution < 1.29 is 14.3 Å². The summed E-state index contributed by atoms with van der Waals surface area (Å²) in [4.78, 5) is 14.9. The van der Waals surface area contributed by atoms with E-state index >= 15 is 0 Å². The normalized spacial score (nSPS) is 19.4. The maximum atomic E-state index is 12.8. The fourth-order valence-electron chi connectivity index (χ4n) is 3.80. The first kappa shape index (κ1) is 20.9. The molecule has 2 aliphatic rings. The van der Waals surface area contributed by atoms with Crippen molar-refractivity contribution >= 4 is 34.7 Å². The highest BCUT2D eigenvalue weighted by molar-refractivity contribution is 7.80. The Balaban J connectivity index is 2.08. The van der Waals surface area contributed by atoms with Crippen molar-refractivity contribution in [2.75, 3.05) is 19.8 Å². The maximum Gasteiger partial charge on any atom is 0.179 e. The highest BCUT2D eigenvalue weighted by Gasteiger charge is 2.37. The molecule has 0 amide bonds. The van der Waals surface area contributed by atoms with Gasteiger partial charge < -0.3 is 19.7 Å². The lowest BCUT2D eigenvalue weighted by Crippen LogP contribution is -2.49. The summed E-state index contributed by atoms with van der Waals surface area (Å²) in [6.07, 6.45) is 3.15. The van der Waals surface area contributed by atoms with Crippen molar-refractivity contribution in [1.82, 2.24) is 10.2 Å². The lowest BCUT2D eigenvalue weighted by molar-refractivity contribution is -0.116. The largest absolute Gasteiger partial charge is 0.490 e. The van der Waals surface area contributed by atoms with Gasteiger partial charge in [0.25, 0.3) is 0 Å². The van der Waals surface area contributed by atoms with E-state index in [9.17, 15) is 4.79 Å². The van der Waals surface area contributed by atoms with E-state index < -0.39 is 0 Å². The molecule has 0 spiro atoms. The second kappa shape index (κ2) is 9.14. The van der Waals surface area contributed by atoms with Crippen LogP contribution < -0.4 is 14.8 Å². The van der Waals surface area contributed by atoms with Crippen LogP contribution >= 0.6 is 23.8 Å². The molecule has 3 rings (SSSR count). The zero-order chi connectivity index (χ0) is 20.3. The molecule has 7 heteroatoms. The average molecular weight is 423 g/mol. The third-order valence-electron chi connectivity index (χ3n) is 4.99. The number of benzene rings is 1. The zero-order valence-electron chi connectivity index (χ0n) is 16.6. The van der Waals surface area contributed by atoms with Crippen LogP contribution in [-0.2, 0) is 4.79 Å². The molecular weight excluding hydrogens is 396 g/mol. The van der Waals surface area contributed by atoms with Crippen LogP contribution in [0, 0.1) is 0 Å². The predicted molar refractivity (Wildman–Crippen MR) is 115 cm³/mol. The number of Topliss-reactive ketones (excluding diaryl/α,β-unsaturated/α-hetero) is 1. The second-order valence-corrected chi connectivity index (χ2v) is 7.67. The first-order valence-corrected chi connectivity index (χ1v) is 10.7. The molecule has 0 radical (unpaired) electrons. The molecule has 1 atom stereocenters. The van der Waals surface area contributed by atoms with Gasteiger partial charge in [-0.25, -0.2) is 0 Å². The minimum absolute atomic E-state index is 0.167. The van der Waals surface area contributed by atoms with Crippen molar-refractivity contribution in [2.24, 2.45) is 0 Å². The number of hydrogen-bond acceptors (Lipinski definition) is 4. The molecule has 0 aromatic heterocycles. The van der Waals surface area contributed by atoms with E-state index in [2.05, 4.69) is 5.32 Å². The molecule has 1 N–H and O–H groups in total. The quantitative estimate of drug-likeness (QED) is 0.638. The lowest BCUT2D eigenvalue weighted by Gasteiger charge is -2.40. The number of hydrogen-bond donors (Lipinski definition) is 1.